The average Bonchev–Trinajstić information content (AvgIpc) is 2.83. The van der Waals surface area contributed by atoms with Crippen LogP contribution >= 0.6 is 0 Å². The van der Waals surface area contributed by atoms with Crippen molar-refractivity contribution in [2.75, 3.05) is 6.54 Å². The van der Waals surface area contributed by atoms with Gasteiger partial charge in [0.15, 0.2) is 0 Å². The maximum atomic E-state index is 11.9. The van der Waals surface area contributed by atoms with E-state index in [0.717, 1.165) is 30.4 Å². The normalized spacial score (nSPS) is 24.2. The molecule has 1 aliphatic rings. The molecule has 0 aromatic heterocycles. The van der Waals surface area contributed by atoms with Crippen molar-refractivity contribution in [1.29, 1.82) is 0 Å². The molecular formula is C15H22N2O2. The van der Waals surface area contributed by atoms with E-state index in [4.69, 9.17) is 5.73 Å². The fourth-order valence-corrected chi connectivity index (χ4v) is 2.67. The Morgan fingerprint density at radius 2 is 2.21 bits per heavy atom. The van der Waals surface area contributed by atoms with Gasteiger partial charge in [-0.15, -0.1) is 0 Å². The van der Waals surface area contributed by atoms with Crippen LogP contribution in [0, 0.1) is 12.8 Å². The zero-order valence-electron chi connectivity index (χ0n) is 11.3. The van der Waals surface area contributed by atoms with E-state index in [1.165, 1.54) is 0 Å². The SMILES string of the molecule is Cc1ccccc1[C@H](O)CNC(=O)[C@H]1CC[C@H](N)C1. The van der Waals surface area contributed by atoms with Crippen LogP contribution in [0.5, 0.6) is 0 Å². The lowest BCUT2D eigenvalue weighted by Gasteiger charge is -2.16. The quantitative estimate of drug-likeness (QED) is 0.765. The summed E-state index contributed by atoms with van der Waals surface area (Å²) in [7, 11) is 0. The summed E-state index contributed by atoms with van der Waals surface area (Å²) in [6.07, 6.45) is 1.87. The second kappa shape index (κ2) is 6.17. The van der Waals surface area contributed by atoms with Crippen LogP contribution in [0.4, 0.5) is 0 Å². The minimum absolute atomic E-state index is 0.0130. The van der Waals surface area contributed by atoms with Gasteiger partial charge in [0.1, 0.15) is 0 Å². The molecule has 1 aliphatic carbocycles. The molecule has 104 valence electrons. The van der Waals surface area contributed by atoms with Crippen LogP contribution in [-0.4, -0.2) is 23.6 Å². The Kier molecular flexibility index (Phi) is 4.56. The highest BCUT2D eigenvalue weighted by atomic mass is 16.3. The van der Waals surface area contributed by atoms with Crippen molar-refractivity contribution in [3.05, 3.63) is 35.4 Å². The monoisotopic (exact) mass is 262 g/mol. The Balaban J connectivity index is 1.85. The summed E-state index contributed by atoms with van der Waals surface area (Å²) in [4.78, 5) is 11.9. The molecule has 4 heteroatoms. The number of rotatable bonds is 4. The van der Waals surface area contributed by atoms with Gasteiger partial charge in [0.25, 0.3) is 0 Å². The molecule has 0 spiro atoms. The minimum atomic E-state index is -0.653. The number of amides is 1. The molecule has 1 amide bonds. The largest absolute Gasteiger partial charge is 0.387 e. The first kappa shape index (κ1) is 14.0. The molecule has 0 saturated heterocycles. The number of hydrogen-bond donors (Lipinski definition) is 3. The Labute approximate surface area is 114 Å². The smallest absolute Gasteiger partial charge is 0.223 e. The van der Waals surface area contributed by atoms with Crippen LogP contribution in [0.1, 0.15) is 36.5 Å². The van der Waals surface area contributed by atoms with E-state index in [9.17, 15) is 9.90 Å². The van der Waals surface area contributed by atoms with Gasteiger partial charge in [0, 0.05) is 18.5 Å². The van der Waals surface area contributed by atoms with Crippen molar-refractivity contribution < 1.29 is 9.90 Å². The first-order valence-electron chi connectivity index (χ1n) is 6.85. The van der Waals surface area contributed by atoms with Gasteiger partial charge in [-0.2, -0.15) is 0 Å². The second-order valence-corrected chi connectivity index (χ2v) is 5.39. The first-order chi connectivity index (χ1) is 9.08. The lowest BCUT2D eigenvalue weighted by molar-refractivity contribution is -0.125. The number of nitrogens with one attached hydrogen (secondary N) is 1. The molecule has 1 fully saturated rings. The standard InChI is InChI=1S/C15H22N2O2/c1-10-4-2-3-5-13(10)14(18)9-17-15(19)11-6-7-12(16)8-11/h2-5,11-12,14,18H,6-9,16H2,1H3,(H,17,19)/t11-,12-,14+/m0/s1. The van der Waals surface area contributed by atoms with Gasteiger partial charge in [-0.1, -0.05) is 24.3 Å². The maximum absolute atomic E-state index is 11.9. The molecule has 0 aliphatic heterocycles. The van der Waals surface area contributed by atoms with Crippen LogP contribution in [0.3, 0.4) is 0 Å². The molecule has 19 heavy (non-hydrogen) atoms. The molecular weight excluding hydrogens is 240 g/mol. The van der Waals surface area contributed by atoms with Crippen molar-refractivity contribution in [3.8, 4) is 0 Å². The molecule has 0 radical (unpaired) electrons. The summed E-state index contributed by atoms with van der Waals surface area (Å²) in [5.41, 5.74) is 7.70. The fraction of sp³-hybridized carbons (Fsp3) is 0.533. The molecule has 4 N–H and O–H groups in total. The number of hydrogen-bond acceptors (Lipinski definition) is 3. The van der Waals surface area contributed by atoms with Crippen LogP contribution in [0.25, 0.3) is 0 Å². The highest BCUT2D eigenvalue weighted by Crippen LogP contribution is 2.24. The minimum Gasteiger partial charge on any atom is -0.387 e. The fourth-order valence-electron chi connectivity index (χ4n) is 2.67. The molecule has 4 nitrogen and oxygen atoms in total. The zero-order valence-corrected chi connectivity index (χ0v) is 11.3. The van der Waals surface area contributed by atoms with Crippen LogP contribution < -0.4 is 11.1 Å². The predicted octanol–water partition coefficient (Wildman–Crippen LogP) is 1.27. The molecule has 1 aromatic carbocycles. The summed E-state index contributed by atoms with van der Waals surface area (Å²) in [5.74, 6) is 0.0275. The third kappa shape index (κ3) is 3.55. The molecule has 0 unspecified atom stereocenters. The van der Waals surface area contributed by atoms with Gasteiger partial charge in [0.05, 0.1) is 6.10 Å². The number of aliphatic hydroxyl groups excluding tert-OH is 1. The number of carbonyl (C=O) groups excluding carboxylic acids is 1. The van der Waals surface area contributed by atoms with E-state index in [-0.39, 0.29) is 24.4 Å². The number of nitrogens with two attached hydrogens (primary N) is 1. The van der Waals surface area contributed by atoms with Crippen molar-refractivity contribution in [3.63, 3.8) is 0 Å². The first-order valence-corrected chi connectivity index (χ1v) is 6.85. The van der Waals surface area contributed by atoms with Crippen molar-refractivity contribution in [1.82, 2.24) is 5.32 Å². The number of aliphatic hydroxyl groups is 1. The summed E-state index contributed by atoms with van der Waals surface area (Å²) < 4.78 is 0. The van der Waals surface area contributed by atoms with Crippen molar-refractivity contribution in [2.24, 2.45) is 11.7 Å². The van der Waals surface area contributed by atoms with E-state index in [1.807, 2.05) is 31.2 Å². The predicted molar refractivity (Wildman–Crippen MR) is 74.5 cm³/mol. The average molecular weight is 262 g/mol. The van der Waals surface area contributed by atoms with Gasteiger partial charge < -0.3 is 16.2 Å². The van der Waals surface area contributed by atoms with Crippen LogP contribution in [0.15, 0.2) is 24.3 Å². The van der Waals surface area contributed by atoms with Gasteiger partial charge >= 0.3 is 0 Å². The van der Waals surface area contributed by atoms with E-state index in [0.29, 0.717) is 0 Å². The summed E-state index contributed by atoms with van der Waals surface area (Å²) in [6, 6.07) is 7.82. The Morgan fingerprint density at radius 1 is 1.47 bits per heavy atom. The topological polar surface area (TPSA) is 75.3 Å². The molecule has 1 aromatic rings. The van der Waals surface area contributed by atoms with Crippen molar-refractivity contribution in [2.45, 2.75) is 38.3 Å². The highest BCUT2D eigenvalue weighted by molar-refractivity contribution is 5.79. The van der Waals surface area contributed by atoms with Gasteiger partial charge in [-0.05, 0) is 37.3 Å². The molecule has 2 rings (SSSR count). The second-order valence-electron chi connectivity index (χ2n) is 5.39. The van der Waals surface area contributed by atoms with E-state index < -0.39 is 6.10 Å². The third-order valence-electron chi connectivity index (χ3n) is 3.86. The van der Waals surface area contributed by atoms with Crippen LogP contribution in [-0.2, 0) is 4.79 Å². The lowest BCUT2D eigenvalue weighted by Crippen LogP contribution is -2.33. The van der Waals surface area contributed by atoms with Gasteiger partial charge in [-0.25, -0.2) is 0 Å². The Bertz CT molecular complexity index is 448. The molecule has 0 bridgehead atoms. The summed E-state index contributed by atoms with van der Waals surface area (Å²) >= 11 is 0. The Hall–Kier alpha value is -1.39. The molecule has 0 heterocycles. The number of benzene rings is 1. The van der Waals surface area contributed by atoms with E-state index in [1.54, 1.807) is 0 Å². The Morgan fingerprint density at radius 3 is 2.84 bits per heavy atom. The zero-order chi connectivity index (χ0) is 13.8. The molecule has 1 saturated carbocycles. The molecule has 3 atom stereocenters. The summed E-state index contributed by atoms with van der Waals surface area (Å²) in [6.45, 7) is 2.21. The lowest BCUT2D eigenvalue weighted by atomic mass is 10.0. The van der Waals surface area contributed by atoms with Gasteiger partial charge in [-0.3, -0.25) is 4.79 Å². The van der Waals surface area contributed by atoms with Gasteiger partial charge in [0.2, 0.25) is 5.91 Å². The van der Waals surface area contributed by atoms with Crippen molar-refractivity contribution >= 4 is 5.91 Å². The van der Waals surface area contributed by atoms with E-state index in [2.05, 4.69) is 5.32 Å². The summed E-state index contributed by atoms with van der Waals surface area (Å²) in [5, 5.41) is 12.9. The highest BCUT2D eigenvalue weighted by Gasteiger charge is 2.27. The van der Waals surface area contributed by atoms with Crippen LogP contribution in [0.2, 0.25) is 0 Å². The number of carbonyl (C=O) groups is 1. The maximum Gasteiger partial charge on any atom is 0.223 e. The van der Waals surface area contributed by atoms with E-state index >= 15 is 0 Å². The third-order valence-corrected chi connectivity index (χ3v) is 3.86. The number of aryl methyl sites for hydroxylation is 1.